The summed E-state index contributed by atoms with van der Waals surface area (Å²) in [4.78, 5) is 32.4. The number of carbonyl (C=O) groups is 2. The maximum absolute atomic E-state index is 13.0. The standard InChI is InChI=1S/C21H17N3O5S/c1-27-15-4-2-3-12-9-16(29-18(12)15)20(26)24-7-5-14-17(10-24)30-21(22-14)23-19(25)13-6-8-28-11-13/h2-4,6,8-9,11H,5,7,10H2,1H3,(H,22,23,25). The number of anilines is 1. The summed E-state index contributed by atoms with van der Waals surface area (Å²) in [7, 11) is 1.57. The molecule has 0 saturated carbocycles. The van der Waals surface area contributed by atoms with Crippen molar-refractivity contribution in [2.24, 2.45) is 0 Å². The molecule has 0 radical (unpaired) electrons. The number of nitrogens with zero attached hydrogens (tertiary/aromatic N) is 2. The van der Waals surface area contributed by atoms with Gasteiger partial charge in [0.15, 0.2) is 22.2 Å². The quantitative estimate of drug-likeness (QED) is 0.534. The zero-order valence-electron chi connectivity index (χ0n) is 16.0. The number of rotatable bonds is 4. The van der Waals surface area contributed by atoms with E-state index in [0.29, 0.717) is 41.5 Å². The summed E-state index contributed by atoms with van der Waals surface area (Å²) in [5.74, 6) is 0.402. The highest BCUT2D eigenvalue weighted by molar-refractivity contribution is 7.15. The zero-order valence-corrected chi connectivity index (χ0v) is 16.8. The van der Waals surface area contributed by atoms with E-state index in [0.717, 1.165) is 16.0 Å². The Balaban J connectivity index is 1.33. The van der Waals surface area contributed by atoms with Crippen LogP contribution in [0.25, 0.3) is 11.0 Å². The molecule has 3 aromatic heterocycles. The van der Waals surface area contributed by atoms with E-state index in [2.05, 4.69) is 10.3 Å². The molecular weight excluding hydrogens is 406 g/mol. The lowest BCUT2D eigenvalue weighted by atomic mass is 10.1. The highest BCUT2D eigenvalue weighted by atomic mass is 32.1. The van der Waals surface area contributed by atoms with Gasteiger partial charge in [-0.1, -0.05) is 23.5 Å². The molecule has 0 spiro atoms. The Morgan fingerprint density at radius 1 is 1.30 bits per heavy atom. The van der Waals surface area contributed by atoms with Crippen LogP contribution in [-0.4, -0.2) is 35.4 Å². The number of methoxy groups -OCH3 is 1. The average Bonchev–Trinajstić information content (AvgIpc) is 3.50. The molecule has 0 atom stereocenters. The molecule has 1 aromatic carbocycles. The van der Waals surface area contributed by atoms with Crippen molar-refractivity contribution < 1.29 is 23.2 Å². The minimum atomic E-state index is -0.279. The number of thiazole rings is 1. The van der Waals surface area contributed by atoms with E-state index in [1.54, 1.807) is 30.2 Å². The third kappa shape index (κ3) is 3.22. The lowest BCUT2D eigenvalue weighted by Gasteiger charge is -2.25. The molecule has 30 heavy (non-hydrogen) atoms. The molecule has 0 fully saturated rings. The second-order valence-electron chi connectivity index (χ2n) is 6.82. The van der Waals surface area contributed by atoms with Crippen molar-refractivity contribution in [3.05, 3.63) is 64.8 Å². The van der Waals surface area contributed by atoms with Crippen LogP contribution in [0.15, 0.2) is 51.7 Å². The number of para-hydroxylation sites is 1. The van der Waals surface area contributed by atoms with E-state index in [1.807, 2.05) is 12.1 Å². The van der Waals surface area contributed by atoms with Crippen molar-refractivity contribution in [1.29, 1.82) is 0 Å². The Morgan fingerprint density at radius 2 is 2.20 bits per heavy atom. The van der Waals surface area contributed by atoms with Gasteiger partial charge in [-0.05, 0) is 18.2 Å². The van der Waals surface area contributed by atoms with Crippen molar-refractivity contribution in [2.45, 2.75) is 13.0 Å². The second kappa shape index (κ2) is 7.34. The molecular formula is C21H17N3O5S. The van der Waals surface area contributed by atoms with Crippen LogP contribution in [0.5, 0.6) is 5.75 Å². The van der Waals surface area contributed by atoms with Crippen LogP contribution in [0.3, 0.4) is 0 Å². The number of aromatic nitrogens is 1. The van der Waals surface area contributed by atoms with Crippen LogP contribution in [0.1, 0.15) is 31.5 Å². The van der Waals surface area contributed by atoms with Crippen LogP contribution in [0, 0.1) is 0 Å². The molecule has 2 amide bonds. The number of furan rings is 2. The zero-order chi connectivity index (χ0) is 20.7. The maximum Gasteiger partial charge on any atom is 0.289 e. The SMILES string of the molecule is COc1cccc2cc(C(=O)N3CCc4nc(NC(=O)c5ccoc5)sc4C3)oc12. The van der Waals surface area contributed by atoms with Gasteiger partial charge in [-0.3, -0.25) is 14.9 Å². The monoisotopic (exact) mass is 423 g/mol. The van der Waals surface area contributed by atoms with E-state index in [-0.39, 0.29) is 17.6 Å². The Kier molecular flexibility index (Phi) is 4.51. The molecule has 4 heterocycles. The van der Waals surface area contributed by atoms with Crippen LogP contribution in [0.4, 0.5) is 5.13 Å². The van der Waals surface area contributed by atoms with Gasteiger partial charge in [0.25, 0.3) is 11.8 Å². The number of benzene rings is 1. The van der Waals surface area contributed by atoms with Gasteiger partial charge in [0.2, 0.25) is 0 Å². The number of hydrogen-bond donors (Lipinski definition) is 1. The summed E-state index contributed by atoms with van der Waals surface area (Å²) in [6.07, 6.45) is 3.44. The predicted octanol–water partition coefficient (Wildman–Crippen LogP) is 3.94. The van der Waals surface area contributed by atoms with Crippen molar-refractivity contribution in [3.8, 4) is 5.75 Å². The fraction of sp³-hybridized carbons (Fsp3) is 0.190. The molecule has 5 rings (SSSR count). The highest BCUT2D eigenvalue weighted by Crippen LogP contribution is 2.32. The Morgan fingerprint density at radius 3 is 3.00 bits per heavy atom. The number of amides is 2. The Hall–Kier alpha value is -3.59. The van der Waals surface area contributed by atoms with Gasteiger partial charge in [-0.15, -0.1) is 0 Å². The number of nitrogens with one attached hydrogen (secondary N) is 1. The fourth-order valence-corrected chi connectivity index (χ4v) is 4.46. The van der Waals surface area contributed by atoms with Crippen LogP contribution < -0.4 is 10.1 Å². The summed E-state index contributed by atoms with van der Waals surface area (Å²) in [6, 6.07) is 8.86. The van der Waals surface area contributed by atoms with Crippen LogP contribution >= 0.6 is 11.3 Å². The Labute approximate surface area is 175 Å². The second-order valence-corrected chi connectivity index (χ2v) is 7.90. The van der Waals surface area contributed by atoms with Crippen molar-refractivity contribution in [2.75, 3.05) is 19.0 Å². The van der Waals surface area contributed by atoms with Gasteiger partial charge in [-0.2, -0.15) is 0 Å². The van der Waals surface area contributed by atoms with E-state index < -0.39 is 0 Å². The first-order valence-electron chi connectivity index (χ1n) is 9.30. The maximum atomic E-state index is 13.0. The number of hydrogen-bond acceptors (Lipinski definition) is 7. The lowest BCUT2D eigenvalue weighted by molar-refractivity contribution is 0.0706. The Bertz CT molecular complexity index is 1240. The molecule has 1 N–H and O–H groups in total. The minimum absolute atomic E-state index is 0.184. The fourth-order valence-electron chi connectivity index (χ4n) is 3.44. The summed E-state index contributed by atoms with van der Waals surface area (Å²) in [5, 5.41) is 4.11. The summed E-state index contributed by atoms with van der Waals surface area (Å²) in [5.41, 5.74) is 1.89. The molecule has 0 bridgehead atoms. The molecule has 9 heteroatoms. The summed E-state index contributed by atoms with van der Waals surface area (Å²) < 4.78 is 16.0. The van der Waals surface area contributed by atoms with E-state index >= 15 is 0 Å². The first-order valence-corrected chi connectivity index (χ1v) is 10.1. The molecule has 1 aliphatic heterocycles. The lowest BCUT2D eigenvalue weighted by Crippen LogP contribution is -2.35. The topological polar surface area (TPSA) is 97.8 Å². The van der Waals surface area contributed by atoms with Crippen molar-refractivity contribution in [3.63, 3.8) is 0 Å². The minimum Gasteiger partial charge on any atom is -0.493 e. The average molecular weight is 423 g/mol. The summed E-state index contributed by atoms with van der Waals surface area (Å²) >= 11 is 1.37. The predicted molar refractivity (Wildman–Crippen MR) is 110 cm³/mol. The molecule has 152 valence electrons. The van der Waals surface area contributed by atoms with Crippen LogP contribution in [0.2, 0.25) is 0 Å². The number of fused-ring (bicyclic) bond motifs is 2. The molecule has 0 saturated heterocycles. The van der Waals surface area contributed by atoms with Gasteiger partial charge >= 0.3 is 0 Å². The van der Waals surface area contributed by atoms with Gasteiger partial charge in [0.05, 0.1) is 31.2 Å². The molecule has 0 aliphatic carbocycles. The van der Waals surface area contributed by atoms with Crippen molar-refractivity contribution >= 4 is 39.3 Å². The smallest absolute Gasteiger partial charge is 0.289 e. The first-order chi connectivity index (χ1) is 14.6. The van der Waals surface area contributed by atoms with Gasteiger partial charge in [0.1, 0.15) is 6.26 Å². The van der Waals surface area contributed by atoms with Gasteiger partial charge < -0.3 is 18.5 Å². The molecule has 4 aromatic rings. The number of carbonyl (C=O) groups excluding carboxylic acids is 2. The molecule has 0 unspecified atom stereocenters. The largest absolute Gasteiger partial charge is 0.493 e. The molecule has 8 nitrogen and oxygen atoms in total. The molecule has 1 aliphatic rings. The first kappa shape index (κ1) is 18.4. The third-order valence-electron chi connectivity index (χ3n) is 4.96. The van der Waals surface area contributed by atoms with E-state index in [4.69, 9.17) is 13.6 Å². The van der Waals surface area contributed by atoms with Gasteiger partial charge in [-0.25, -0.2) is 4.98 Å². The normalized spacial score (nSPS) is 13.3. The van der Waals surface area contributed by atoms with Crippen LogP contribution in [-0.2, 0) is 13.0 Å². The van der Waals surface area contributed by atoms with E-state index in [9.17, 15) is 9.59 Å². The van der Waals surface area contributed by atoms with Gasteiger partial charge in [0, 0.05) is 23.2 Å². The highest BCUT2D eigenvalue weighted by Gasteiger charge is 2.27. The summed E-state index contributed by atoms with van der Waals surface area (Å²) in [6.45, 7) is 0.945. The number of ether oxygens (including phenoxy) is 1. The van der Waals surface area contributed by atoms with E-state index in [1.165, 1.54) is 23.9 Å². The third-order valence-corrected chi connectivity index (χ3v) is 5.96. The van der Waals surface area contributed by atoms with Crippen molar-refractivity contribution in [1.82, 2.24) is 9.88 Å².